The van der Waals surface area contributed by atoms with Crippen molar-refractivity contribution in [3.63, 3.8) is 0 Å². The van der Waals surface area contributed by atoms with Crippen molar-refractivity contribution in [2.24, 2.45) is 0 Å². The summed E-state index contributed by atoms with van der Waals surface area (Å²) in [6, 6.07) is -0.305. The number of hydrogen-bond donors (Lipinski definition) is 2. The van der Waals surface area contributed by atoms with Crippen molar-refractivity contribution in [2.75, 3.05) is 18.1 Å². The molecule has 0 amide bonds. The molecule has 0 radical (unpaired) electrons. The molecule has 2 unspecified atom stereocenters. The topological polar surface area (TPSA) is 66.4 Å². The zero-order valence-corrected chi connectivity index (χ0v) is 9.46. The molecule has 1 saturated heterocycles. The van der Waals surface area contributed by atoms with E-state index in [9.17, 15) is 13.5 Å². The number of unbranched alkanes of at least 4 members (excludes halogenated alkanes) is 2. The van der Waals surface area contributed by atoms with Gasteiger partial charge in [0.1, 0.15) is 0 Å². The molecule has 1 fully saturated rings. The van der Waals surface area contributed by atoms with Gasteiger partial charge in [-0.05, 0) is 19.4 Å². The Morgan fingerprint density at radius 3 is 2.67 bits per heavy atom. The summed E-state index contributed by atoms with van der Waals surface area (Å²) in [6.07, 6.45) is 6.92. The molecule has 0 spiro atoms. The summed E-state index contributed by atoms with van der Waals surface area (Å²) < 4.78 is 22.3. The molecule has 1 rings (SSSR count). The van der Waals surface area contributed by atoms with Crippen molar-refractivity contribution in [1.82, 2.24) is 5.32 Å². The zero-order valence-electron chi connectivity index (χ0n) is 8.65. The van der Waals surface area contributed by atoms with E-state index >= 15 is 0 Å². The average molecular weight is 231 g/mol. The molecule has 1 aliphatic rings. The number of rotatable bonds is 5. The molecule has 2 N–H and O–H groups in total. The highest BCUT2D eigenvalue weighted by Crippen LogP contribution is 2.12. The first-order chi connectivity index (χ1) is 7.05. The molecule has 0 aliphatic carbocycles. The summed E-state index contributed by atoms with van der Waals surface area (Å²) in [5.41, 5.74) is 0. The monoisotopic (exact) mass is 231 g/mol. The van der Waals surface area contributed by atoms with Crippen LogP contribution in [0.4, 0.5) is 0 Å². The van der Waals surface area contributed by atoms with Crippen LogP contribution in [0.25, 0.3) is 0 Å². The first kappa shape index (κ1) is 12.5. The van der Waals surface area contributed by atoms with Crippen LogP contribution >= 0.6 is 0 Å². The number of terminal acetylenes is 1. The van der Waals surface area contributed by atoms with Crippen molar-refractivity contribution < 1.29 is 13.5 Å². The number of aliphatic hydroxyl groups is 1. The van der Waals surface area contributed by atoms with E-state index in [1.54, 1.807) is 0 Å². The second kappa shape index (κ2) is 5.50. The van der Waals surface area contributed by atoms with Gasteiger partial charge >= 0.3 is 0 Å². The predicted octanol–water partition coefficient (Wildman–Crippen LogP) is -0.463. The molecule has 1 aliphatic heterocycles. The van der Waals surface area contributed by atoms with E-state index in [-0.39, 0.29) is 17.5 Å². The van der Waals surface area contributed by atoms with Crippen LogP contribution in [0.2, 0.25) is 0 Å². The second-order valence-corrected chi connectivity index (χ2v) is 6.02. The SMILES string of the molecule is C#CCCCCNC1CS(=O)(=O)CC1O. The Hall–Kier alpha value is -0.570. The molecular weight excluding hydrogens is 214 g/mol. The molecule has 2 atom stereocenters. The fraction of sp³-hybridized carbons (Fsp3) is 0.800. The molecule has 4 nitrogen and oxygen atoms in total. The zero-order chi connectivity index (χ0) is 11.3. The Labute approximate surface area is 91.0 Å². The van der Waals surface area contributed by atoms with Crippen LogP contribution in [0.1, 0.15) is 19.3 Å². The van der Waals surface area contributed by atoms with E-state index in [1.807, 2.05) is 0 Å². The molecule has 0 aromatic rings. The molecule has 15 heavy (non-hydrogen) atoms. The molecule has 86 valence electrons. The summed E-state index contributed by atoms with van der Waals surface area (Å²) in [4.78, 5) is 0. The molecule has 1 heterocycles. The smallest absolute Gasteiger partial charge is 0.154 e. The van der Waals surface area contributed by atoms with Gasteiger partial charge in [-0.25, -0.2) is 8.42 Å². The maximum Gasteiger partial charge on any atom is 0.154 e. The Kier molecular flexibility index (Phi) is 4.58. The third-order valence-electron chi connectivity index (χ3n) is 2.48. The highest BCUT2D eigenvalue weighted by Gasteiger charge is 2.35. The van der Waals surface area contributed by atoms with Crippen molar-refractivity contribution in [2.45, 2.75) is 31.4 Å². The average Bonchev–Trinajstić information content (AvgIpc) is 2.39. The van der Waals surface area contributed by atoms with Crippen LogP contribution in [-0.4, -0.2) is 43.7 Å². The lowest BCUT2D eigenvalue weighted by Gasteiger charge is -2.14. The summed E-state index contributed by atoms with van der Waals surface area (Å²) in [6.45, 7) is 0.707. The maximum atomic E-state index is 11.2. The van der Waals surface area contributed by atoms with Crippen molar-refractivity contribution in [3.8, 4) is 12.3 Å². The van der Waals surface area contributed by atoms with Gasteiger partial charge < -0.3 is 10.4 Å². The molecular formula is C10H17NO3S. The van der Waals surface area contributed by atoms with E-state index in [1.165, 1.54) is 0 Å². The minimum absolute atomic E-state index is 0.0449. The fourth-order valence-corrected chi connectivity index (χ4v) is 3.44. The van der Waals surface area contributed by atoms with Gasteiger partial charge in [-0.1, -0.05) is 0 Å². The van der Waals surface area contributed by atoms with Gasteiger partial charge in [0, 0.05) is 12.5 Å². The van der Waals surface area contributed by atoms with Crippen LogP contribution in [0.15, 0.2) is 0 Å². The summed E-state index contributed by atoms with van der Waals surface area (Å²) >= 11 is 0. The van der Waals surface area contributed by atoms with E-state index in [2.05, 4.69) is 11.2 Å². The van der Waals surface area contributed by atoms with Gasteiger partial charge in [0.05, 0.1) is 17.6 Å². The quantitative estimate of drug-likeness (QED) is 0.496. The lowest BCUT2D eigenvalue weighted by molar-refractivity contribution is 0.166. The molecule has 0 aromatic heterocycles. The molecule has 0 bridgehead atoms. The van der Waals surface area contributed by atoms with Gasteiger partial charge in [0.15, 0.2) is 9.84 Å². The fourth-order valence-electron chi connectivity index (χ4n) is 1.66. The number of sulfone groups is 1. The molecule has 5 heteroatoms. The third kappa shape index (κ3) is 4.20. The number of aliphatic hydroxyl groups excluding tert-OH is 1. The Morgan fingerprint density at radius 1 is 1.40 bits per heavy atom. The summed E-state index contributed by atoms with van der Waals surface area (Å²) in [5.74, 6) is 2.47. The Bertz CT molecular complexity index is 331. The minimum Gasteiger partial charge on any atom is -0.390 e. The number of hydrogen-bond acceptors (Lipinski definition) is 4. The van der Waals surface area contributed by atoms with E-state index < -0.39 is 15.9 Å². The van der Waals surface area contributed by atoms with Gasteiger partial charge in [0.2, 0.25) is 0 Å². The normalized spacial score (nSPS) is 28.8. The molecule has 0 aromatic carbocycles. The summed E-state index contributed by atoms with van der Waals surface area (Å²) in [7, 11) is -3.04. The van der Waals surface area contributed by atoms with Crippen LogP contribution < -0.4 is 5.32 Å². The predicted molar refractivity (Wildman–Crippen MR) is 59.1 cm³/mol. The van der Waals surface area contributed by atoms with Crippen LogP contribution in [0.3, 0.4) is 0 Å². The molecule has 0 saturated carbocycles. The van der Waals surface area contributed by atoms with Crippen LogP contribution in [-0.2, 0) is 9.84 Å². The lowest BCUT2D eigenvalue weighted by atomic mass is 10.2. The van der Waals surface area contributed by atoms with Crippen LogP contribution in [0, 0.1) is 12.3 Å². The maximum absolute atomic E-state index is 11.2. The van der Waals surface area contributed by atoms with Gasteiger partial charge in [-0.15, -0.1) is 12.3 Å². The Balaban J connectivity index is 2.20. The number of nitrogens with one attached hydrogen (secondary N) is 1. The second-order valence-electron chi connectivity index (χ2n) is 3.87. The van der Waals surface area contributed by atoms with E-state index in [4.69, 9.17) is 6.42 Å². The lowest BCUT2D eigenvalue weighted by Crippen LogP contribution is -2.39. The Morgan fingerprint density at radius 2 is 2.13 bits per heavy atom. The highest BCUT2D eigenvalue weighted by atomic mass is 32.2. The van der Waals surface area contributed by atoms with Gasteiger partial charge in [0.25, 0.3) is 0 Å². The van der Waals surface area contributed by atoms with Crippen molar-refractivity contribution in [1.29, 1.82) is 0 Å². The highest BCUT2D eigenvalue weighted by molar-refractivity contribution is 7.91. The van der Waals surface area contributed by atoms with Crippen molar-refractivity contribution in [3.05, 3.63) is 0 Å². The van der Waals surface area contributed by atoms with Crippen LogP contribution in [0.5, 0.6) is 0 Å². The largest absolute Gasteiger partial charge is 0.390 e. The summed E-state index contributed by atoms with van der Waals surface area (Å²) in [5, 5.41) is 12.5. The van der Waals surface area contributed by atoms with E-state index in [0.717, 1.165) is 19.3 Å². The van der Waals surface area contributed by atoms with Crippen molar-refractivity contribution >= 4 is 9.84 Å². The first-order valence-electron chi connectivity index (χ1n) is 5.10. The minimum atomic E-state index is -3.04. The van der Waals surface area contributed by atoms with E-state index in [0.29, 0.717) is 6.54 Å². The third-order valence-corrected chi connectivity index (χ3v) is 4.19. The first-order valence-corrected chi connectivity index (χ1v) is 6.92. The van der Waals surface area contributed by atoms with Gasteiger partial charge in [-0.3, -0.25) is 0 Å². The van der Waals surface area contributed by atoms with Gasteiger partial charge in [-0.2, -0.15) is 0 Å². The standard InChI is InChI=1S/C10H17NO3S/c1-2-3-4-5-6-11-9-7-15(13,14)8-10(9)12/h1,9-12H,3-8H2.